The topological polar surface area (TPSA) is 21.3 Å². The molecule has 2 nitrogen and oxygen atoms in total. The number of rotatable bonds is 5. The molecule has 1 N–H and O–H groups in total. The van der Waals surface area contributed by atoms with Crippen LogP contribution in [0.5, 0.6) is 0 Å². The minimum absolute atomic E-state index is 0.287. The molecule has 84 valence electrons. The van der Waals surface area contributed by atoms with Crippen LogP contribution in [0.3, 0.4) is 0 Å². The van der Waals surface area contributed by atoms with Crippen molar-refractivity contribution < 1.29 is 4.74 Å². The van der Waals surface area contributed by atoms with Crippen molar-refractivity contribution in [1.29, 1.82) is 0 Å². The Morgan fingerprint density at radius 2 is 2.00 bits per heavy atom. The third-order valence-electron chi connectivity index (χ3n) is 2.37. The Bertz CT molecular complexity index is 301. The van der Waals surface area contributed by atoms with Gasteiger partial charge in [-0.2, -0.15) is 0 Å². The number of methoxy groups -OCH3 is 1. The van der Waals surface area contributed by atoms with E-state index in [0.29, 0.717) is 12.5 Å². The summed E-state index contributed by atoms with van der Waals surface area (Å²) in [4.78, 5) is 0. The van der Waals surface area contributed by atoms with Crippen LogP contribution in [0.1, 0.15) is 13.8 Å². The molecule has 0 radical (unpaired) electrons. The normalized spacial score (nSPS) is 12.9. The summed E-state index contributed by atoms with van der Waals surface area (Å²) in [5, 5.41) is 4.14. The van der Waals surface area contributed by atoms with Crippen molar-refractivity contribution in [3.05, 3.63) is 29.3 Å². The highest BCUT2D eigenvalue weighted by molar-refractivity contribution is 6.33. The Kier molecular flexibility index (Phi) is 4.92. The summed E-state index contributed by atoms with van der Waals surface area (Å²) in [6, 6.07) is 8.04. The SMILES string of the molecule is COCC(Nc1ccccc1Cl)C(C)C. The first-order valence-corrected chi connectivity index (χ1v) is 5.53. The predicted molar refractivity (Wildman–Crippen MR) is 65.6 cm³/mol. The number of halogens is 1. The van der Waals surface area contributed by atoms with Crippen molar-refractivity contribution >= 4 is 17.3 Å². The quantitative estimate of drug-likeness (QED) is 0.832. The monoisotopic (exact) mass is 227 g/mol. The molecular formula is C12H18ClNO. The fourth-order valence-corrected chi connectivity index (χ4v) is 1.55. The average molecular weight is 228 g/mol. The zero-order chi connectivity index (χ0) is 11.3. The van der Waals surface area contributed by atoms with Gasteiger partial charge in [-0.1, -0.05) is 37.6 Å². The average Bonchev–Trinajstić information content (AvgIpc) is 2.20. The molecule has 0 saturated heterocycles. The van der Waals surface area contributed by atoms with E-state index < -0.39 is 0 Å². The zero-order valence-electron chi connectivity index (χ0n) is 9.46. The summed E-state index contributed by atoms with van der Waals surface area (Å²) in [7, 11) is 1.71. The largest absolute Gasteiger partial charge is 0.383 e. The van der Waals surface area contributed by atoms with Gasteiger partial charge in [-0.25, -0.2) is 0 Å². The van der Waals surface area contributed by atoms with Crippen molar-refractivity contribution in [2.75, 3.05) is 19.0 Å². The van der Waals surface area contributed by atoms with Gasteiger partial charge in [0, 0.05) is 7.11 Å². The van der Waals surface area contributed by atoms with E-state index in [-0.39, 0.29) is 6.04 Å². The first-order valence-electron chi connectivity index (χ1n) is 5.15. The van der Waals surface area contributed by atoms with Crippen molar-refractivity contribution in [1.82, 2.24) is 0 Å². The van der Waals surface area contributed by atoms with Crippen LogP contribution in [-0.4, -0.2) is 19.8 Å². The van der Waals surface area contributed by atoms with E-state index in [4.69, 9.17) is 16.3 Å². The molecule has 0 aliphatic rings. The van der Waals surface area contributed by atoms with Crippen LogP contribution >= 0.6 is 11.6 Å². The van der Waals surface area contributed by atoms with Crippen molar-refractivity contribution in [2.45, 2.75) is 19.9 Å². The van der Waals surface area contributed by atoms with E-state index in [1.807, 2.05) is 24.3 Å². The predicted octanol–water partition coefficient (Wildman–Crippen LogP) is 3.42. The number of hydrogen-bond acceptors (Lipinski definition) is 2. The van der Waals surface area contributed by atoms with Crippen LogP contribution in [0.25, 0.3) is 0 Å². The third kappa shape index (κ3) is 3.73. The van der Waals surface area contributed by atoms with Gasteiger partial charge in [-0.3, -0.25) is 0 Å². The first-order chi connectivity index (χ1) is 7.15. The van der Waals surface area contributed by atoms with Crippen LogP contribution < -0.4 is 5.32 Å². The molecule has 0 heterocycles. The zero-order valence-corrected chi connectivity index (χ0v) is 10.2. The third-order valence-corrected chi connectivity index (χ3v) is 2.70. The molecule has 0 saturated carbocycles. The van der Waals surface area contributed by atoms with Gasteiger partial charge in [0.05, 0.1) is 23.4 Å². The molecule has 0 spiro atoms. The minimum atomic E-state index is 0.287. The number of benzene rings is 1. The molecule has 0 amide bonds. The second-order valence-electron chi connectivity index (χ2n) is 3.93. The Balaban J connectivity index is 2.69. The Hall–Kier alpha value is -0.730. The summed E-state index contributed by atoms with van der Waals surface area (Å²) < 4.78 is 5.17. The lowest BCUT2D eigenvalue weighted by Crippen LogP contribution is -2.30. The van der Waals surface area contributed by atoms with Gasteiger partial charge in [0.15, 0.2) is 0 Å². The summed E-state index contributed by atoms with van der Waals surface area (Å²) >= 11 is 6.07. The van der Waals surface area contributed by atoms with Crippen molar-refractivity contribution in [2.24, 2.45) is 5.92 Å². The van der Waals surface area contributed by atoms with Gasteiger partial charge in [0.25, 0.3) is 0 Å². The highest BCUT2D eigenvalue weighted by Crippen LogP contribution is 2.22. The highest BCUT2D eigenvalue weighted by atomic mass is 35.5. The molecule has 1 aromatic rings. The summed E-state index contributed by atoms with van der Waals surface area (Å²) in [5.41, 5.74) is 0.968. The van der Waals surface area contributed by atoms with Crippen LogP contribution in [0.4, 0.5) is 5.69 Å². The van der Waals surface area contributed by atoms with Crippen LogP contribution in [0.15, 0.2) is 24.3 Å². The fraction of sp³-hybridized carbons (Fsp3) is 0.500. The van der Waals surface area contributed by atoms with Crippen LogP contribution in [0, 0.1) is 5.92 Å². The molecule has 0 aliphatic heterocycles. The fourth-order valence-electron chi connectivity index (χ4n) is 1.36. The van der Waals surface area contributed by atoms with E-state index in [0.717, 1.165) is 10.7 Å². The van der Waals surface area contributed by atoms with Gasteiger partial charge in [-0.15, -0.1) is 0 Å². The number of anilines is 1. The molecule has 3 heteroatoms. The van der Waals surface area contributed by atoms with E-state index in [2.05, 4.69) is 19.2 Å². The lowest BCUT2D eigenvalue weighted by Gasteiger charge is -2.23. The number of ether oxygens (including phenoxy) is 1. The van der Waals surface area contributed by atoms with E-state index >= 15 is 0 Å². The molecule has 1 aromatic carbocycles. The van der Waals surface area contributed by atoms with Crippen molar-refractivity contribution in [3.8, 4) is 0 Å². The molecular weight excluding hydrogens is 210 g/mol. The minimum Gasteiger partial charge on any atom is -0.383 e. The Morgan fingerprint density at radius 3 is 2.53 bits per heavy atom. The van der Waals surface area contributed by atoms with Crippen LogP contribution in [-0.2, 0) is 4.74 Å². The molecule has 0 bridgehead atoms. The van der Waals surface area contributed by atoms with Gasteiger partial charge in [-0.05, 0) is 18.1 Å². The van der Waals surface area contributed by atoms with E-state index in [9.17, 15) is 0 Å². The maximum Gasteiger partial charge on any atom is 0.0666 e. The molecule has 0 aromatic heterocycles. The molecule has 0 aliphatic carbocycles. The van der Waals surface area contributed by atoms with Gasteiger partial charge < -0.3 is 10.1 Å². The molecule has 15 heavy (non-hydrogen) atoms. The Morgan fingerprint density at radius 1 is 1.33 bits per heavy atom. The number of para-hydroxylation sites is 1. The van der Waals surface area contributed by atoms with E-state index in [1.54, 1.807) is 7.11 Å². The lowest BCUT2D eigenvalue weighted by molar-refractivity contribution is 0.171. The molecule has 1 rings (SSSR count). The standard InChI is InChI=1S/C12H18ClNO/c1-9(2)12(8-15-3)14-11-7-5-4-6-10(11)13/h4-7,9,12,14H,8H2,1-3H3. The van der Waals surface area contributed by atoms with Crippen molar-refractivity contribution in [3.63, 3.8) is 0 Å². The maximum absolute atomic E-state index is 6.07. The summed E-state index contributed by atoms with van der Waals surface area (Å²) in [6.45, 7) is 5.00. The second-order valence-corrected chi connectivity index (χ2v) is 4.34. The Labute approximate surface area is 96.6 Å². The van der Waals surface area contributed by atoms with Gasteiger partial charge in [0.2, 0.25) is 0 Å². The molecule has 1 atom stereocenters. The maximum atomic E-state index is 6.07. The lowest BCUT2D eigenvalue weighted by atomic mass is 10.1. The van der Waals surface area contributed by atoms with Crippen LogP contribution in [0.2, 0.25) is 5.02 Å². The molecule has 0 fully saturated rings. The van der Waals surface area contributed by atoms with E-state index in [1.165, 1.54) is 0 Å². The second kappa shape index (κ2) is 5.99. The van der Waals surface area contributed by atoms with Gasteiger partial charge in [0.1, 0.15) is 0 Å². The number of hydrogen-bond donors (Lipinski definition) is 1. The number of nitrogens with one attached hydrogen (secondary N) is 1. The highest BCUT2D eigenvalue weighted by Gasteiger charge is 2.13. The summed E-state index contributed by atoms with van der Waals surface area (Å²) in [5.74, 6) is 0.501. The first kappa shape index (κ1) is 12.3. The molecule has 1 unspecified atom stereocenters. The van der Waals surface area contributed by atoms with Gasteiger partial charge >= 0.3 is 0 Å². The smallest absolute Gasteiger partial charge is 0.0666 e. The summed E-state index contributed by atoms with van der Waals surface area (Å²) in [6.07, 6.45) is 0.